The predicted octanol–water partition coefficient (Wildman–Crippen LogP) is 2.69. The van der Waals surface area contributed by atoms with E-state index in [0.717, 1.165) is 19.3 Å². The quantitative estimate of drug-likeness (QED) is 0.869. The molecule has 3 rings (SSSR count). The Hall–Kier alpha value is -1.85. The summed E-state index contributed by atoms with van der Waals surface area (Å²) < 4.78 is 5.07. The predicted molar refractivity (Wildman–Crippen MR) is 77.0 cm³/mol. The van der Waals surface area contributed by atoms with Crippen LogP contribution in [0.4, 0.5) is 10.5 Å². The van der Waals surface area contributed by atoms with Gasteiger partial charge < -0.3 is 9.84 Å². The van der Waals surface area contributed by atoms with Crippen molar-refractivity contribution < 1.29 is 14.1 Å². The van der Waals surface area contributed by atoms with Gasteiger partial charge in [0.2, 0.25) is 0 Å². The minimum absolute atomic E-state index is 0.181. The Bertz CT molecular complexity index is 541. The van der Waals surface area contributed by atoms with Crippen molar-refractivity contribution in [1.29, 1.82) is 0 Å². The largest absolute Gasteiger partial charge is 0.359 e. The number of nitrogens with zero attached hydrogens (tertiary/aromatic N) is 2. The van der Waals surface area contributed by atoms with Crippen molar-refractivity contribution in [3.63, 3.8) is 0 Å². The molecule has 1 unspecified atom stereocenters. The molecule has 1 aliphatic carbocycles. The number of nitrogens with one attached hydrogen (secondary N) is 1. The Morgan fingerprint density at radius 1 is 1.24 bits per heavy atom. The highest BCUT2D eigenvalue weighted by molar-refractivity contribution is 6.21. The minimum Gasteiger partial charge on any atom is -0.359 e. The van der Waals surface area contributed by atoms with Gasteiger partial charge in [0.1, 0.15) is 17.4 Å². The number of rotatable bonds is 3. The Balaban J connectivity index is 1.76. The summed E-state index contributed by atoms with van der Waals surface area (Å²) >= 11 is 0. The van der Waals surface area contributed by atoms with Gasteiger partial charge in [0.05, 0.1) is 0 Å². The molecule has 114 valence electrons. The SMILES string of the molecule is Cc1noc(C)c1N1C(=O)NC(CC2CCCCC2)C1=O. The Morgan fingerprint density at radius 2 is 1.95 bits per heavy atom. The second-order valence-electron chi connectivity index (χ2n) is 6.09. The summed E-state index contributed by atoms with van der Waals surface area (Å²) in [4.78, 5) is 25.9. The summed E-state index contributed by atoms with van der Waals surface area (Å²) in [7, 11) is 0. The first-order valence-electron chi connectivity index (χ1n) is 7.65. The van der Waals surface area contributed by atoms with Crippen LogP contribution in [0.5, 0.6) is 0 Å². The zero-order chi connectivity index (χ0) is 15.0. The molecule has 0 radical (unpaired) electrons. The fraction of sp³-hybridized carbons (Fsp3) is 0.667. The standard InChI is InChI=1S/C15H21N3O3/c1-9-13(10(2)21-17-9)18-14(19)12(16-15(18)20)8-11-6-4-3-5-7-11/h11-12H,3-8H2,1-2H3,(H,16,20). The number of hydrogen-bond acceptors (Lipinski definition) is 4. The van der Waals surface area contributed by atoms with Gasteiger partial charge in [0.25, 0.3) is 5.91 Å². The molecule has 21 heavy (non-hydrogen) atoms. The van der Waals surface area contributed by atoms with Crippen LogP contribution in [0, 0.1) is 19.8 Å². The van der Waals surface area contributed by atoms with Gasteiger partial charge in [0.15, 0.2) is 5.76 Å². The molecule has 2 fully saturated rings. The number of aromatic nitrogens is 1. The van der Waals surface area contributed by atoms with E-state index in [1.54, 1.807) is 13.8 Å². The molecular formula is C15H21N3O3. The lowest BCUT2D eigenvalue weighted by atomic mass is 9.85. The summed E-state index contributed by atoms with van der Waals surface area (Å²) in [5, 5.41) is 6.63. The van der Waals surface area contributed by atoms with Gasteiger partial charge in [-0.1, -0.05) is 37.3 Å². The number of urea groups is 1. The average Bonchev–Trinajstić information content (AvgIpc) is 2.92. The molecule has 1 aliphatic heterocycles. The average molecular weight is 291 g/mol. The molecule has 0 spiro atoms. The van der Waals surface area contributed by atoms with E-state index in [4.69, 9.17) is 4.52 Å². The number of amides is 3. The molecule has 2 heterocycles. The lowest BCUT2D eigenvalue weighted by Gasteiger charge is -2.23. The topological polar surface area (TPSA) is 75.4 Å². The summed E-state index contributed by atoms with van der Waals surface area (Å²) in [5.74, 6) is 0.854. The Morgan fingerprint density at radius 3 is 2.57 bits per heavy atom. The summed E-state index contributed by atoms with van der Waals surface area (Å²) in [6.45, 7) is 3.45. The number of aryl methyl sites for hydroxylation is 2. The van der Waals surface area contributed by atoms with Gasteiger partial charge in [-0.3, -0.25) is 4.79 Å². The lowest BCUT2D eigenvalue weighted by molar-refractivity contribution is -0.118. The maximum atomic E-state index is 12.6. The number of carbonyl (C=O) groups excluding carboxylic acids is 2. The molecule has 1 saturated carbocycles. The van der Waals surface area contributed by atoms with Gasteiger partial charge in [-0.05, 0) is 26.2 Å². The first-order chi connectivity index (χ1) is 10.1. The Labute approximate surface area is 123 Å². The van der Waals surface area contributed by atoms with Crippen molar-refractivity contribution in [3.8, 4) is 0 Å². The molecule has 0 bridgehead atoms. The van der Waals surface area contributed by atoms with Crippen molar-refractivity contribution in [3.05, 3.63) is 11.5 Å². The summed E-state index contributed by atoms with van der Waals surface area (Å²) in [5.41, 5.74) is 1.05. The zero-order valence-electron chi connectivity index (χ0n) is 12.5. The van der Waals surface area contributed by atoms with Crippen LogP contribution in [0.1, 0.15) is 50.0 Å². The van der Waals surface area contributed by atoms with E-state index in [1.165, 1.54) is 24.2 Å². The number of carbonyl (C=O) groups is 2. The highest BCUT2D eigenvalue weighted by Crippen LogP contribution is 2.32. The molecule has 1 aromatic heterocycles. The molecule has 6 heteroatoms. The van der Waals surface area contributed by atoms with Crippen LogP contribution in [0.3, 0.4) is 0 Å². The monoisotopic (exact) mass is 291 g/mol. The van der Waals surface area contributed by atoms with E-state index in [2.05, 4.69) is 10.5 Å². The fourth-order valence-electron chi connectivity index (χ4n) is 3.46. The first kappa shape index (κ1) is 14.1. The van der Waals surface area contributed by atoms with Crippen LogP contribution >= 0.6 is 0 Å². The third-order valence-corrected chi connectivity index (χ3v) is 4.53. The smallest absolute Gasteiger partial charge is 0.329 e. The van der Waals surface area contributed by atoms with Crippen LogP contribution in [0.2, 0.25) is 0 Å². The normalized spacial score (nSPS) is 23.7. The van der Waals surface area contributed by atoms with E-state index in [9.17, 15) is 9.59 Å². The molecule has 6 nitrogen and oxygen atoms in total. The molecule has 1 saturated heterocycles. The first-order valence-corrected chi connectivity index (χ1v) is 7.65. The maximum absolute atomic E-state index is 12.6. The molecular weight excluding hydrogens is 270 g/mol. The third-order valence-electron chi connectivity index (χ3n) is 4.53. The highest BCUT2D eigenvalue weighted by Gasteiger charge is 2.42. The van der Waals surface area contributed by atoms with E-state index >= 15 is 0 Å². The minimum atomic E-state index is -0.408. The van der Waals surface area contributed by atoms with Crippen LogP contribution in [-0.4, -0.2) is 23.1 Å². The number of imide groups is 1. The molecule has 1 N–H and O–H groups in total. The Kier molecular flexibility index (Phi) is 3.69. The summed E-state index contributed by atoms with van der Waals surface area (Å²) in [6.07, 6.45) is 6.80. The second kappa shape index (κ2) is 5.50. The van der Waals surface area contributed by atoms with E-state index in [-0.39, 0.29) is 11.9 Å². The van der Waals surface area contributed by atoms with Gasteiger partial charge >= 0.3 is 6.03 Å². The van der Waals surface area contributed by atoms with Crippen LogP contribution < -0.4 is 10.2 Å². The van der Waals surface area contributed by atoms with Gasteiger partial charge in [-0.2, -0.15) is 0 Å². The maximum Gasteiger partial charge on any atom is 0.329 e. The molecule has 3 amide bonds. The third kappa shape index (κ3) is 2.54. The number of hydrogen-bond donors (Lipinski definition) is 1. The molecule has 1 atom stereocenters. The zero-order valence-corrected chi connectivity index (χ0v) is 12.5. The van der Waals surface area contributed by atoms with Crippen LogP contribution in [0.15, 0.2) is 4.52 Å². The van der Waals surface area contributed by atoms with Crippen molar-refractivity contribution in [2.24, 2.45) is 5.92 Å². The lowest BCUT2D eigenvalue weighted by Crippen LogP contribution is -2.33. The van der Waals surface area contributed by atoms with Crippen molar-refractivity contribution >= 4 is 17.6 Å². The van der Waals surface area contributed by atoms with Gasteiger partial charge in [-0.25, -0.2) is 9.69 Å². The van der Waals surface area contributed by atoms with E-state index in [1.807, 2.05) is 0 Å². The van der Waals surface area contributed by atoms with Crippen molar-refractivity contribution in [2.45, 2.75) is 58.4 Å². The van der Waals surface area contributed by atoms with Crippen molar-refractivity contribution in [2.75, 3.05) is 4.90 Å². The molecule has 1 aromatic rings. The second-order valence-corrected chi connectivity index (χ2v) is 6.09. The van der Waals surface area contributed by atoms with Crippen LogP contribution in [0.25, 0.3) is 0 Å². The van der Waals surface area contributed by atoms with Gasteiger partial charge in [0, 0.05) is 0 Å². The van der Waals surface area contributed by atoms with E-state index in [0.29, 0.717) is 23.1 Å². The van der Waals surface area contributed by atoms with Gasteiger partial charge in [-0.15, -0.1) is 0 Å². The van der Waals surface area contributed by atoms with Crippen LogP contribution in [-0.2, 0) is 4.79 Å². The highest BCUT2D eigenvalue weighted by atomic mass is 16.5. The van der Waals surface area contributed by atoms with Crippen molar-refractivity contribution in [1.82, 2.24) is 10.5 Å². The molecule has 0 aromatic carbocycles. The fourth-order valence-corrected chi connectivity index (χ4v) is 3.46. The summed E-state index contributed by atoms with van der Waals surface area (Å²) in [6, 6.07) is -0.774. The van der Waals surface area contributed by atoms with E-state index < -0.39 is 6.04 Å². The number of anilines is 1. The molecule has 2 aliphatic rings.